The van der Waals surface area contributed by atoms with Gasteiger partial charge in [0.25, 0.3) is 0 Å². The Labute approximate surface area is 105 Å². The van der Waals surface area contributed by atoms with Crippen LogP contribution in [-0.4, -0.2) is 19.6 Å². The lowest BCUT2D eigenvalue weighted by molar-refractivity contribution is 0.255. The SMILES string of the molecule is O=P(O)(O)OP(O)(O)=NSSc1ccccc1. The summed E-state index contributed by atoms with van der Waals surface area (Å²) in [5.41, 5.74) is 0. The van der Waals surface area contributed by atoms with E-state index >= 15 is 0 Å². The molecule has 0 aliphatic carbocycles. The van der Waals surface area contributed by atoms with Crippen molar-refractivity contribution in [1.82, 2.24) is 0 Å². The number of phosphoric acid groups is 1. The topological polar surface area (TPSA) is 120 Å². The average molecular weight is 317 g/mol. The van der Waals surface area contributed by atoms with Gasteiger partial charge in [-0.05, 0) is 22.9 Å². The van der Waals surface area contributed by atoms with Crippen molar-refractivity contribution < 1.29 is 28.4 Å². The van der Waals surface area contributed by atoms with Crippen LogP contribution in [0.1, 0.15) is 0 Å². The summed E-state index contributed by atoms with van der Waals surface area (Å²) >= 11 is 0. The first-order valence-electron chi connectivity index (χ1n) is 4.01. The summed E-state index contributed by atoms with van der Waals surface area (Å²) in [6, 6.07) is 8.93. The van der Waals surface area contributed by atoms with Gasteiger partial charge in [0.15, 0.2) is 0 Å². The molecule has 11 heteroatoms. The van der Waals surface area contributed by atoms with Gasteiger partial charge in [-0.3, -0.25) is 0 Å². The van der Waals surface area contributed by atoms with Crippen molar-refractivity contribution in [2.24, 2.45) is 4.15 Å². The molecule has 0 aromatic heterocycles. The second kappa shape index (κ2) is 6.38. The van der Waals surface area contributed by atoms with E-state index in [1.165, 1.54) is 0 Å². The van der Waals surface area contributed by atoms with E-state index < -0.39 is 15.6 Å². The standard InChI is InChI=1S/C6H9NO6P2S2/c8-14(9,13-15(10,11)12)7-17-16-6-4-2-1-3-5-6/h1-5,8-9H,(H2,10,11,12). The molecule has 0 atom stereocenters. The number of hydrogen-bond acceptors (Lipinski definition) is 5. The van der Waals surface area contributed by atoms with Gasteiger partial charge in [0.05, 0.1) is 11.0 Å². The zero-order valence-corrected chi connectivity index (χ0v) is 11.6. The van der Waals surface area contributed by atoms with Crippen LogP contribution in [0.4, 0.5) is 0 Å². The lowest BCUT2D eigenvalue weighted by atomic mass is 10.4. The normalized spacial score (nSPS) is 12.5. The molecule has 1 aromatic carbocycles. The van der Waals surface area contributed by atoms with Crippen molar-refractivity contribution in [3.8, 4) is 0 Å². The van der Waals surface area contributed by atoms with E-state index in [-0.39, 0.29) is 0 Å². The van der Waals surface area contributed by atoms with Crippen molar-refractivity contribution in [3.63, 3.8) is 0 Å². The van der Waals surface area contributed by atoms with Gasteiger partial charge in [0.1, 0.15) is 0 Å². The van der Waals surface area contributed by atoms with Crippen molar-refractivity contribution in [2.75, 3.05) is 0 Å². The maximum atomic E-state index is 10.4. The zero-order chi connectivity index (χ0) is 12.9. The largest absolute Gasteiger partial charge is 0.477 e. The molecule has 0 aliphatic heterocycles. The quantitative estimate of drug-likeness (QED) is 0.371. The van der Waals surface area contributed by atoms with Crippen LogP contribution in [0.5, 0.6) is 0 Å². The summed E-state index contributed by atoms with van der Waals surface area (Å²) in [5.74, 6) is 0. The third-order valence-electron chi connectivity index (χ3n) is 1.23. The number of hydrogen-bond donors (Lipinski definition) is 4. The lowest BCUT2D eigenvalue weighted by Crippen LogP contribution is -1.85. The van der Waals surface area contributed by atoms with E-state index in [1.54, 1.807) is 24.3 Å². The summed E-state index contributed by atoms with van der Waals surface area (Å²) in [6.07, 6.45) is 0. The van der Waals surface area contributed by atoms with Crippen molar-refractivity contribution in [2.45, 2.75) is 4.90 Å². The molecule has 7 nitrogen and oxygen atoms in total. The Kier molecular flexibility index (Phi) is 5.72. The maximum Gasteiger partial charge on any atom is 0.477 e. The molecule has 1 rings (SSSR count). The molecule has 0 bridgehead atoms. The molecule has 0 aliphatic rings. The van der Waals surface area contributed by atoms with Crippen LogP contribution >= 0.6 is 37.3 Å². The average Bonchev–Trinajstić information content (AvgIpc) is 2.15. The summed E-state index contributed by atoms with van der Waals surface area (Å²) in [5, 5.41) is 0. The molecule has 0 saturated heterocycles. The molecule has 0 radical (unpaired) electrons. The van der Waals surface area contributed by atoms with Crippen LogP contribution in [0.2, 0.25) is 0 Å². The van der Waals surface area contributed by atoms with E-state index in [1.807, 2.05) is 6.07 Å². The molecule has 0 saturated carbocycles. The fourth-order valence-electron chi connectivity index (χ4n) is 0.737. The minimum atomic E-state index is -4.97. The van der Waals surface area contributed by atoms with Crippen LogP contribution in [-0.2, 0) is 8.88 Å². The summed E-state index contributed by atoms with van der Waals surface area (Å²) < 4.78 is 17.4. The van der Waals surface area contributed by atoms with E-state index in [4.69, 9.17) is 19.6 Å². The van der Waals surface area contributed by atoms with Crippen molar-refractivity contribution in [3.05, 3.63) is 30.3 Å². The van der Waals surface area contributed by atoms with Crippen LogP contribution < -0.4 is 0 Å². The second-order valence-electron chi connectivity index (χ2n) is 2.64. The molecular weight excluding hydrogens is 308 g/mol. The number of rotatable bonds is 5. The molecule has 0 amide bonds. The van der Waals surface area contributed by atoms with Gasteiger partial charge < -0.3 is 19.6 Å². The zero-order valence-electron chi connectivity index (χ0n) is 8.15. The number of nitrogens with zero attached hydrogens (tertiary/aromatic N) is 1. The Balaban J connectivity index is 2.56. The van der Waals surface area contributed by atoms with Crippen molar-refractivity contribution >= 4 is 37.3 Å². The van der Waals surface area contributed by atoms with Crippen LogP contribution in [0.25, 0.3) is 0 Å². The van der Waals surface area contributed by atoms with Gasteiger partial charge in [0, 0.05) is 4.90 Å². The van der Waals surface area contributed by atoms with Gasteiger partial charge in [-0.2, -0.15) is 0 Å². The molecule has 0 heterocycles. The molecule has 0 unspecified atom stereocenters. The van der Waals surface area contributed by atoms with Crippen LogP contribution in [0.15, 0.2) is 39.4 Å². The Morgan fingerprint density at radius 2 is 1.71 bits per heavy atom. The van der Waals surface area contributed by atoms with Crippen LogP contribution in [0, 0.1) is 0 Å². The monoisotopic (exact) mass is 317 g/mol. The molecular formula is C6H9NO6P2S2. The van der Waals surface area contributed by atoms with Crippen LogP contribution in [0.3, 0.4) is 0 Å². The minimum Gasteiger partial charge on any atom is -0.318 e. The lowest BCUT2D eigenvalue weighted by Gasteiger charge is -2.10. The third-order valence-corrected chi connectivity index (χ3v) is 6.02. The minimum absolute atomic E-state index is 0.677. The molecule has 96 valence electrons. The van der Waals surface area contributed by atoms with E-state index in [0.717, 1.165) is 15.7 Å². The predicted octanol–water partition coefficient (Wildman–Crippen LogP) is 2.38. The Morgan fingerprint density at radius 3 is 2.24 bits per heavy atom. The third kappa shape index (κ3) is 7.25. The summed E-state index contributed by atoms with van der Waals surface area (Å²) in [6.45, 7) is 0. The maximum absolute atomic E-state index is 10.4. The molecule has 1 aromatic rings. The fraction of sp³-hybridized carbons (Fsp3) is 0. The molecule has 17 heavy (non-hydrogen) atoms. The van der Waals surface area contributed by atoms with E-state index in [2.05, 4.69) is 8.46 Å². The first kappa shape index (κ1) is 15.2. The van der Waals surface area contributed by atoms with Gasteiger partial charge in [0.2, 0.25) is 0 Å². The predicted molar refractivity (Wildman–Crippen MR) is 66.8 cm³/mol. The first-order chi connectivity index (χ1) is 7.79. The Hall–Kier alpha value is 0.180. The van der Waals surface area contributed by atoms with Gasteiger partial charge in [-0.25, -0.2) is 8.88 Å². The molecule has 0 spiro atoms. The number of benzene rings is 1. The second-order valence-corrected chi connectivity index (χ2v) is 7.69. The highest BCUT2D eigenvalue weighted by atomic mass is 33.1. The first-order valence-corrected chi connectivity index (χ1v) is 9.21. The van der Waals surface area contributed by atoms with E-state index in [9.17, 15) is 4.57 Å². The highest BCUT2D eigenvalue weighted by Gasteiger charge is 2.26. The van der Waals surface area contributed by atoms with E-state index in [0.29, 0.717) is 11.0 Å². The Morgan fingerprint density at radius 1 is 1.12 bits per heavy atom. The van der Waals surface area contributed by atoms with Gasteiger partial charge >= 0.3 is 15.6 Å². The molecule has 0 fully saturated rings. The highest BCUT2D eigenvalue weighted by Crippen LogP contribution is 2.58. The van der Waals surface area contributed by atoms with Crippen molar-refractivity contribution in [1.29, 1.82) is 0 Å². The molecule has 4 N–H and O–H groups in total. The fourth-order valence-corrected chi connectivity index (χ4v) is 4.77. The highest BCUT2D eigenvalue weighted by molar-refractivity contribution is 8.76. The van der Waals surface area contributed by atoms with Gasteiger partial charge in [-0.15, -0.1) is 4.15 Å². The summed E-state index contributed by atoms with van der Waals surface area (Å²) in [4.78, 5) is 35.7. The smallest absolute Gasteiger partial charge is 0.318 e. The van der Waals surface area contributed by atoms with Gasteiger partial charge in [-0.1, -0.05) is 18.2 Å². The Bertz CT molecular complexity index is 457. The summed E-state index contributed by atoms with van der Waals surface area (Å²) in [7, 11) is -7.59.